The molecule has 19 heavy (non-hydrogen) atoms. The van der Waals surface area contributed by atoms with Crippen LogP contribution in [0.2, 0.25) is 0 Å². The summed E-state index contributed by atoms with van der Waals surface area (Å²) in [7, 11) is 0. The largest absolute Gasteiger partial charge is 0.378 e. The first-order chi connectivity index (χ1) is 9.16. The van der Waals surface area contributed by atoms with Gasteiger partial charge in [-0.3, -0.25) is 4.79 Å². The van der Waals surface area contributed by atoms with Crippen molar-refractivity contribution in [1.29, 1.82) is 0 Å². The van der Waals surface area contributed by atoms with Crippen LogP contribution in [0.1, 0.15) is 16.5 Å². The van der Waals surface area contributed by atoms with Gasteiger partial charge in [-0.1, -0.05) is 30.3 Å². The van der Waals surface area contributed by atoms with Crippen LogP contribution in [0.25, 0.3) is 0 Å². The van der Waals surface area contributed by atoms with Gasteiger partial charge in [0.15, 0.2) is 6.10 Å². The van der Waals surface area contributed by atoms with E-state index in [9.17, 15) is 9.90 Å². The number of aliphatic hydroxyl groups is 1. The fraction of sp³-hybridized carbons (Fsp3) is 0.0769. The lowest BCUT2D eigenvalue weighted by Crippen LogP contribution is -2.25. The molecular formula is C13H11BrN2O2S. The van der Waals surface area contributed by atoms with E-state index in [1.165, 1.54) is 17.6 Å². The first kappa shape index (κ1) is 13.9. The van der Waals surface area contributed by atoms with Crippen molar-refractivity contribution in [2.24, 2.45) is 5.10 Å². The van der Waals surface area contributed by atoms with E-state index in [0.29, 0.717) is 5.56 Å². The molecule has 1 atom stereocenters. The number of nitrogens with zero attached hydrogens (tertiary/aromatic N) is 1. The van der Waals surface area contributed by atoms with Gasteiger partial charge in [0.05, 0.1) is 6.21 Å². The molecule has 98 valence electrons. The molecule has 2 aromatic rings. The summed E-state index contributed by atoms with van der Waals surface area (Å²) in [6, 6.07) is 10.6. The number of hydrazone groups is 1. The zero-order valence-electron chi connectivity index (χ0n) is 9.79. The predicted octanol–water partition coefficient (Wildman–Crippen LogP) is 2.69. The Hall–Kier alpha value is -1.50. The van der Waals surface area contributed by atoms with Crippen molar-refractivity contribution < 1.29 is 9.90 Å². The molecule has 0 radical (unpaired) electrons. The summed E-state index contributed by atoms with van der Waals surface area (Å²) in [6.45, 7) is 0. The molecule has 1 amide bonds. The van der Waals surface area contributed by atoms with Gasteiger partial charge < -0.3 is 5.11 Å². The first-order valence-corrected chi connectivity index (χ1v) is 7.14. The number of hydrogen-bond donors (Lipinski definition) is 2. The van der Waals surface area contributed by atoms with Crippen molar-refractivity contribution >= 4 is 39.4 Å². The topological polar surface area (TPSA) is 61.7 Å². The van der Waals surface area contributed by atoms with Crippen molar-refractivity contribution in [1.82, 2.24) is 5.43 Å². The van der Waals surface area contributed by atoms with Gasteiger partial charge in [-0.2, -0.15) is 5.10 Å². The number of carbonyl (C=O) groups excluding carboxylic acids is 1. The molecule has 1 aromatic heterocycles. The maximum atomic E-state index is 11.7. The molecule has 2 N–H and O–H groups in total. The molecule has 2 rings (SSSR count). The third-order valence-corrected chi connectivity index (χ3v) is 3.95. The highest BCUT2D eigenvalue weighted by molar-refractivity contribution is 9.10. The number of amides is 1. The zero-order valence-corrected chi connectivity index (χ0v) is 12.2. The van der Waals surface area contributed by atoms with E-state index >= 15 is 0 Å². The minimum Gasteiger partial charge on any atom is -0.378 e. The van der Waals surface area contributed by atoms with Gasteiger partial charge in [-0.05, 0) is 27.6 Å². The molecule has 0 fully saturated rings. The molecule has 0 bridgehead atoms. The SMILES string of the molecule is O=C(NN=Cc1cc(Br)cs1)C(O)c1ccccc1. The predicted molar refractivity (Wildman–Crippen MR) is 79.2 cm³/mol. The van der Waals surface area contributed by atoms with Gasteiger partial charge in [0.25, 0.3) is 5.91 Å². The average Bonchev–Trinajstić information content (AvgIpc) is 2.84. The fourth-order valence-corrected chi connectivity index (χ4v) is 2.71. The van der Waals surface area contributed by atoms with Crippen LogP contribution in [-0.2, 0) is 4.79 Å². The smallest absolute Gasteiger partial charge is 0.273 e. The van der Waals surface area contributed by atoms with E-state index < -0.39 is 12.0 Å². The summed E-state index contributed by atoms with van der Waals surface area (Å²) < 4.78 is 0.967. The normalized spacial score (nSPS) is 12.5. The van der Waals surface area contributed by atoms with Crippen LogP contribution in [-0.4, -0.2) is 17.2 Å². The Labute approximate surface area is 122 Å². The first-order valence-electron chi connectivity index (χ1n) is 5.47. The third-order valence-electron chi connectivity index (χ3n) is 2.32. The second-order valence-electron chi connectivity index (χ2n) is 3.71. The summed E-state index contributed by atoms with van der Waals surface area (Å²) in [4.78, 5) is 12.6. The second-order valence-corrected chi connectivity index (χ2v) is 5.57. The molecule has 1 heterocycles. The van der Waals surface area contributed by atoms with Crippen molar-refractivity contribution in [3.63, 3.8) is 0 Å². The lowest BCUT2D eigenvalue weighted by molar-refractivity contribution is -0.129. The lowest BCUT2D eigenvalue weighted by atomic mass is 10.1. The fourth-order valence-electron chi connectivity index (χ4n) is 1.40. The molecule has 4 nitrogen and oxygen atoms in total. The number of hydrogen-bond acceptors (Lipinski definition) is 4. The van der Waals surface area contributed by atoms with E-state index in [4.69, 9.17) is 0 Å². The Morgan fingerprint density at radius 2 is 2.16 bits per heavy atom. The van der Waals surface area contributed by atoms with Crippen LogP contribution in [0, 0.1) is 0 Å². The van der Waals surface area contributed by atoms with Gasteiger partial charge >= 0.3 is 0 Å². The van der Waals surface area contributed by atoms with Gasteiger partial charge in [-0.15, -0.1) is 11.3 Å². The van der Waals surface area contributed by atoms with E-state index in [-0.39, 0.29) is 0 Å². The van der Waals surface area contributed by atoms with E-state index in [1.54, 1.807) is 24.3 Å². The maximum absolute atomic E-state index is 11.7. The van der Waals surface area contributed by atoms with Crippen LogP contribution >= 0.6 is 27.3 Å². The van der Waals surface area contributed by atoms with Crippen molar-refractivity contribution in [2.45, 2.75) is 6.10 Å². The number of carbonyl (C=O) groups is 1. The lowest BCUT2D eigenvalue weighted by Gasteiger charge is -2.08. The summed E-state index contributed by atoms with van der Waals surface area (Å²) in [5.41, 5.74) is 2.85. The van der Waals surface area contributed by atoms with Gasteiger partial charge in [0.1, 0.15) is 0 Å². The van der Waals surface area contributed by atoms with Crippen LogP contribution in [0.4, 0.5) is 0 Å². The minimum atomic E-state index is -1.21. The van der Waals surface area contributed by atoms with Gasteiger partial charge in [0, 0.05) is 14.7 Å². The number of nitrogens with one attached hydrogen (secondary N) is 1. The van der Waals surface area contributed by atoms with Crippen molar-refractivity contribution in [2.75, 3.05) is 0 Å². The second kappa shape index (κ2) is 6.60. The molecule has 6 heteroatoms. The van der Waals surface area contributed by atoms with Crippen molar-refractivity contribution in [3.8, 4) is 0 Å². The summed E-state index contributed by atoms with van der Waals surface area (Å²) >= 11 is 4.82. The quantitative estimate of drug-likeness (QED) is 0.665. The van der Waals surface area contributed by atoms with Crippen LogP contribution < -0.4 is 5.43 Å². The van der Waals surface area contributed by atoms with E-state index in [2.05, 4.69) is 26.5 Å². The van der Waals surface area contributed by atoms with E-state index in [1.807, 2.05) is 17.5 Å². The summed E-state index contributed by atoms with van der Waals surface area (Å²) in [6.07, 6.45) is 0.318. The van der Waals surface area contributed by atoms with Crippen molar-refractivity contribution in [3.05, 3.63) is 56.7 Å². The molecule has 0 saturated carbocycles. The Kier molecular flexibility index (Phi) is 4.84. The molecule has 1 unspecified atom stereocenters. The minimum absolute atomic E-state index is 0.536. The molecule has 0 aliphatic carbocycles. The Morgan fingerprint density at radius 3 is 2.79 bits per heavy atom. The number of thiophene rings is 1. The van der Waals surface area contributed by atoms with Crippen LogP contribution in [0.3, 0.4) is 0 Å². The molecular weight excluding hydrogens is 328 g/mol. The highest BCUT2D eigenvalue weighted by atomic mass is 79.9. The third kappa shape index (κ3) is 3.99. The highest BCUT2D eigenvalue weighted by Gasteiger charge is 2.15. The Bertz CT molecular complexity index is 583. The number of benzene rings is 1. The number of aliphatic hydroxyl groups excluding tert-OH is 1. The monoisotopic (exact) mass is 338 g/mol. The molecule has 1 aromatic carbocycles. The van der Waals surface area contributed by atoms with Crippen LogP contribution in [0.15, 0.2) is 51.4 Å². The number of halogens is 1. The Morgan fingerprint density at radius 1 is 1.42 bits per heavy atom. The summed E-state index contributed by atoms with van der Waals surface area (Å²) in [5.74, 6) is -0.557. The van der Waals surface area contributed by atoms with Gasteiger partial charge in [-0.25, -0.2) is 5.43 Å². The molecule has 0 saturated heterocycles. The average molecular weight is 339 g/mol. The standard InChI is InChI=1S/C13H11BrN2O2S/c14-10-6-11(19-8-10)7-15-16-13(18)12(17)9-4-2-1-3-5-9/h1-8,12,17H,(H,16,18). The summed E-state index contributed by atoms with van der Waals surface area (Å²) in [5, 5.41) is 15.5. The molecule has 0 aliphatic heterocycles. The Balaban J connectivity index is 1.93. The highest BCUT2D eigenvalue weighted by Crippen LogP contribution is 2.17. The maximum Gasteiger partial charge on any atom is 0.273 e. The van der Waals surface area contributed by atoms with Crippen LogP contribution in [0.5, 0.6) is 0 Å². The van der Waals surface area contributed by atoms with E-state index in [0.717, 1.165) is 9.35 Å². The molecule has 0 spiro atoms. The number of rotatable bonds is 4. The molecule has 0 aliphatic rings. The van der Waals surface area contributed by atoms with Gasteiger partial charge in [0.2, 0.25) is 0 Å². The zero-order chi connectivity index (χ0) is 13.7.